The number of rotatable bonds is 7. The zero-order valence-corrected chi connectivity index (χ0v) is 14.8. The van der Waals surface area contributed by atoms with E-state index in [-0.39, 0.29) is 19.8 Å². The summed E-state index contributed by atoms with van der Waals surface area (Å²) in [6.07, 6.45) is 0. The van der Waals surface area contributed by atoms with Crippen molar-refractivity contribution in [1.29, 1.82) is 5.26 Å². The van der Waals surface area contributed by atoms with Gasteiger partial charge < -0.3 is 14.2 Å². The van der Waals surface area contributed by atoms with Crippen molar-refractivity contribution < 1.29 is 19.0 Å². The van der Waals surface area contributed by atoms with E-state index in [1.165, 1.54) is 0 Å². The second-order valence-electron chi connectivity index (χ2n) is 4.57. The fraction of sp³-hybridized carbons (Fsp3) is 0.176. The molecule has 7 heteroatoms. The molecule has 24 heavy (non-hydrogen) atoms. The van der Waals surface area contributed by atoms with Gasteiger partial charge in [-0.25, -0.2) is 4.79 Å². The van der Waals surface area contributed by atoms with Crippen molar-refractivity contribution in [3.63, 3.8) is 0 Å². The molecule has 2 aromatic carbocycles. The number of hydrogen-bond acceptors (Lipinski definition) is 5. The van der Waals surface area contributed by atoms with E-state index in [1.807, 2.05) is 6.07 Å². The van der Waals surface area contributed by atoms with Crippen molar-refractivity contribution in [2.75, 3.05) is 19.8 Å². The fourth-order valence-electron chi connectivity index (χ4n) is 1.71. The van der Waals surface area contributed by atoms with E-state index < -0.39 is 5.97 Å². The van der Waals surface area contributed by atoms with E-state index in [0.29, 0.717) is 26.6 Å². The molecule has 0 aliphatic carbocycles. The second kappa shape index (κ2) is 9.16. The first-order valence-corrected chi connectivity index (χ1v) is 8.12. The third-order valence-corrected chi connectivity index (χ3v) is 3.69. The Morgan fingerprint density at radius 2 is 1.88 bits per heavy atom. The molecule has 124 valence electrons. The van der Waals surface area contributed by atoms with Gasteiger partial charge in [0.1, 0.15) is 24.7 Å². The first-order valence-electron chi connectivity index (χ1n) is 6.95. The first-order chi connectivity index (χ1) is 11.6. The van der Waals surface area contributed by atoms with Gasteiger partial charge in [0.15, 0.2) is 6.61 Å². The Hall–Kier alpha value is -2.23. The van der Waals surface area contributed by atoms with E-state index in [9.17, 15) is 4.79 Å². The van der Waals surface area contributed by atoms with Crippen molar-refractivity contribution >= 4 is 33.5 Å². The molecule has 5 nitrogen and oxygen atoms in total. The standard InChI is InChI=1S/C17H13BrClNO4/c18-15-9-13(19)3-6-16(15)24-11-17(21)23-8-7-22-14-4-1-12(10-20)2-5-14/h1-6,9H,7-8,11H2. The van der Waals surface area contributed by atoms with Crippen molar-refractivity contribution in [3.05, 3.63) is 57.5 Å². The highest BCUT2D eigenvalue weighted by Gasteiger charge is 2.07. The van der Waals surface area contributed by atoms with Crippen LogP contribution in [0.2, 0.25) is 5.02 Å². The zero-order valence-electron chi connectivity index (χ0n) is 12.5. The molecule has 0 bridgehead atoms. The average Bonchev–Trinajstić information content (AvgIpc) is 2.58. The normalized spacial score (nSPS) is 9.88. The topological polar surface area (TPSA) is 68.5 Å². The smallest absolute Gasteiger partial charge is 0.344 e. The van der Waals surface area contributed by atoms with Crippen LogP contribution >= 0.6 is 27.5 Å². The molecule has 0 aromatic heterocycles. The lowest BCUT2D eigenvalue weighted by atomic mass is 10.2. The van der Waals surface area contributed by atoms with E-state index in [4.69, 9.17) is 31.1 Å². The number of nitriles is 1. The number of ether oxygens (including phenoxy) is 3. The first kappa shape index (κ1) is 18.1. The van der Waals surface area contributed by atoms with Gasteiger partial charge in [0.2, 0.25) is 0 Å². The third-order valence-electron chi connectivity index (χ3n) is 2.84. The number of esters is 1. The number of carbonyl (C=O) groups excluding carboxylic acids is 1. The predicted octanol–water partition coefficient (Wildman–Crippen LogP) is 3.98. The maximum atomic E-state index is 11.6. The minimum absolute atomic E-state index is 0.101. The summed E-state index contributed by atoms with van der Waals surface area (Å²) in [5, 5.41) is 9.26. The molecule has 0 saturated carbocycles. The SMILES string of the molecule is N#Cc1ccc(OCCOC(=O)COc2ccc(Cl)cc2Br)cc1. The number of nitrogens with zero attached hydrogens (tertiary/aromatic N) is 1. The molecule has 2 aromatic rings. The van der Waals surface area contributed by atoms with E-state index in [1.54, 1.807) is 42.5 Å². The summed E-state index contributed by atoms with van der Waals surface area (Å²) in [7, 11) is 0. The molecule has 0 heterocycles. The molecular weight excluding hydrogens is 398 g/mol. The Morgan fingerprint density at radius 3 is 2.54 bits per heavy atom. The summed E-state index contributed by atoms with van der Waals surface area (Å²) in [6.45, 7) is 0.101. The highest BCUT2D eigenvalue weighted by molar-refractivity contribution is 9.10. The van der Waals surface area contributed by atoms with Crippen LogP contribution in [0.25, 0.3) is 0 Å². The molecule has 0 aliphatic heterocycles. The third kappa shape index (κ3) is 5.76. The van der Waals surface area contributed by atoms with Crippen LogP contribution in [-0.2, 0) is 9.53 Å². The van der Waals surface area contributed by atoms with Crippen LogP contribution in [0.15, 0.2) is 46.9 Å². The Morgan fingerprint density at radius 1 is 1.12 bits per heavy atom. The van der Waals surface area contributed by atoms with Gasteiger partial charge in [0, 0.05) is 5.02 Å². The highest BCUT2D eigenvalue weighted by atomic mass is 79.9. The van der Waals surface area contributed by atoms with Gasteiger partial charge in [-0.1, -0.05) is 11.6 Å². The molecule has 2 rings (SSSR count). The van der Waals surface area contributed by atoms with Crippen molar-refractivity contribution in [1.82, 2.24) is 0 Å². The van der Waals surface area contributed by atoms with Crippen LogP contribution in [0.1, 0.15) is 5.56 Å². The molecular formula is C17H13BrClNO4. The van der Waals surface area contributed by atoms with Gasteiger partial charge in [-0.15, -0.1) is 0 Å². The molecule has 0 saturated heterocycles. The van der Waals surface area contributed by atoms with Crippen LogP contribution in [0.4, 0.5) is 0 Å². The van der Waals surface area contributed by atoms with Gasteiger partial charge in [0.05, 0.1) is 16.1 Å². The van der Waals surface area contributed by atoms with Gasteiger partial charge in [0.25, 0.3) is 0 Å². The maximum Gasteiger partial charge on any atom is 0.344 e. The van der Waals surface area contributed by atoms with Crippen molar-refractivity contribution in [2.24, 2.45) is 0 Å². The zero-order chi connectivity index (χ0) is 17.4. The predicted molar refractivity (Wildman–Crippen MR) is 92.3 cm³/mol. The Kier molecular flexibility index (Phi) is 6.91. The number of halogens is 2. The lowest BCUT2D eigenvalue weighted by molar-refractivity contribution is -0.146. The highest BCUT2D eigenvalue weighted by Crippen LogP contribution is 2.27. The van der Waals surface area contributed by atoms with Crippen molar-refractivity contribution in [3.8, 4) is 17.6 Å². The average molecular weight is 411 g/mol. The van der Waals surface area contributed by atoms with Crippen LogP contribution < -0.4 is 9.47 Å². The second-order valence-corrected chi connectivity index (χ2v) is 5.86. The lowest BCUT2D eigenvalue weighted by Crippen LogP contribution is -2.18. The number of hydrogen-bond donors (Lipinski definition) is 0. The Balaban J connectivity index is 1.66. The molecule has 0 aliphatic rings. The maximum absolute atomic E-state index is 11.6. The summed E-state index contributed by atoms with van der Waals surface area (Å²) in [4.78, 5) is 11.6. The van der Waals surface area contributed by atoms with E-state index in [0.717, 1.165) is 0 Å². The largest absolute Gasteiger partial charge is 0.490 e. The monoisotopic (exact) mass is 409 g/mol. The summed E-state index contributed by atoms with van der Waals surface area (Å²) >= 11 is 9.12. The van der Waals surface area contributed by atoms with Crippen LogP contribution in [-0.4, -0.2) is 25.8 Å². The summed E-state index contributed by atoms with van der Waals surface area (Å²) in [6, 6.07) is 13.7. The number of benzene rings is 2. The van der Waals surface area contributed by atoms with Crippen LogP contribution in [0.5, 0.6) is 11.5 Å². The molecule has 0 spiro atoms. The summed E-state index contributed by atoms with van der Waals surface area (Å²) < 4.78 is 16.4. The van der Waals surface area contributed by atoms with Gasteiger partial charge >= 0.3 is 5.97 Å². The number of carbonyl (C=O) groups is 1. The minimum Gasteiger partial charge on any atom is -0.490 e. The van der Waals surface area contributed by atoms with Crippen LogP contribution in [0.3, 0.4) is 0 Å². The van der Waals surface area contributed by atoms with Crippen LogP contribution in [0, 0.1) is 11.3 Å². The Labute approximate surface area is 152 Å². The summed E-state index contributed by atoms with van der Waals surface area (Å²) in [5.74, 6) is 0.608. The molecule has 0 N–H and O–H groups in total. The molecule has 0 unspecified atom stereocenters. The van der Waals surface area contributed by atoms with Gasteiger partial charge in [-0.2, -0.15) is 5.26 Å². The minimum atomic E-state index is -0.500. The molecule has 0 fully saturated rings. The fourth-order valence-corrected chi connectivity index (χ4v) is 2.51. The van der Waals surface area contributed by atoms with Crippen molar-refractivity contribution in [2.45, 2.75) is 0 Å². The molecule has 0 atom stereocenters. The van der Waals surface area contributed by atoms with Gasteiger partial charge in [-0.3, -0.25) is 0 Å². The molecule has 0 amide bonds. The molecule has 0 radical (unpaired) electrons. The Bertz CT molecular complexity index is 743. The quantitative estimate of drug-likeness (QED) is 0.510. The van der Waals surface area contributed by atoms with E-state index >= 15 is 0 Å². The van der Waals surface area contributed by atoms with Gasteiger partial charge in [-0.05, 0) is 58.4 Å². The summed E-state index contributed by atoms with van der Waals surface area (Å²) in [5.41, 5.74) is 0.555. The van der Waals surface area contributed by atoms with E-state index in [2.05, 4.69) is 15.9 Å². The lowest BCUT2D eigenvalue weighted by Gasteiger charge is -2.09.